The molecule has 1 aliphatic heterocycles. The van der Waals surface area contributed by atoms with E-state index in [4.69, 9.17) is 14.2 Å². The second kappa shape index (κ2) is 15.8. The number of guanidine groups is 1. The number of morpholine rings is 1. The largest absolute Gasteiger partial charge is 0.497 e. The van der Waals surface area contributed by atoms with Crippen LogP contribution in [0.5, 0.6) is 5.75 Å². The van der Waals surface area contributed by atoms with Crippen molar-refractivity contribution >= 4 is 29.9 Å². The Morgan fingerprint density at radius 1 is 1.18 bits per heavy atom. The fraction of sp³-hybridized carbons (Fsp3) is 0.650. The predicted molar refractivity (Wildman–Crippen MR) is 124 cm³/mol. The lowest BCUT2D eigenvalue weighted by atomic mass is 10.2. The minimum Gasteiger partial charge on any atom is -0.497 e. The van der Waals surface area contributed by atoms with Crippen LogP contribution < -0.4 is 15.4 Å². The second-order valence-electron chi connectivity index (χ2n) is 6.40. The van der Waals surface area contributed by atoms with Gasteiger partial charge in [-0.25, -0.2) is 0 Å². The first-order valence-electron chi connectivity index (χ1n) is 9.84. The quantitative estimate of drug-likeness (QED) is 0.208. The fourth-order valence-corrected chi connectivity index (χ4v) is 2.77. The van der Waals surface area contributed by atoms with Crippen LogP contribution in [0, 0.1) is 0 Å². The molecule has 1 aliphatic rings. The van der Waals surface area contributed by atoms with Crippen molar-refractivity contribution in [1.82, 2.24) is 15.5 Å². The van der Waals surface area contributed by atoms with E-state index >= 15 is 0 Å². The molecule has 0 spiro atoms. The molecule has 28 heavy (non-hydrogen) atoms. The van der Waals surface area contributed by atoms with Crippen molar-refractivity contribution in [3.63, 3.8) is 0 Å². The van der Waals surface area contributed by atoms with Gasteiger partial charge in [0.05, 0.1) is 26.9 Å². The molecule has 7 nitrogen and oxygen atoms in total. The highest BCUT2D eigenvalue weighted by Crippen LogP contribution is 2.11. The van der Waals surface area contributed by atoms with Crippen molar-refractivity contribution in [2.24, 2.45) is 4.99 Å². The Morgan fingerprint density at radius 3 is 2.61 bits per heavy atom. The van der Waals surface area contributed by atoms with Gasteiger partial charge in [-0.05, 0) is 31.0 Å². The van der Waals surface area contributed by atoms with E-state index in [1.165, 1.54) is 0 Å². The van der Waals surface area contributed by atoms with Crippen LogP contribution in [0.15, 0.2) is 29.3 Å². The van der Waals surface area contributed by atoms with E-state index < -0.39 is 0 Å². The Morgan fingerprint density at radius 2 is 1.93 bits per heavy atom. The highest BCUT2D eigenvalue weighted by Gasteiger charge is 2.09. The van der Waals surface area contributed by atoms with Crippen molar-refractivity contribution in [2.45, 2.75) is 20.0 Å². The normalized spacial score (nSPS) is 15.0. The number of halogens is 1. The molecule has 0 unspecified atom stereocenters. The van der Waals surface area contributed by atoms with Gasteiger partial charge in [0.1, 0.15) is 5.75 Å². The van der Waals surface area contributed by atoms with E-state index in [1.54, 1.807) is 7.11 Å². The van der Waals surface area contributed by atoms with Crippen molar-refractivity contribution in [1.29, 1.82) is 0 Å². The smallest absolute Gasteiger partial charge is 0.191 e. The van der Waals surface area contributed by atoms with E-state index in [0.717, 1.165) is 76.2 Å². The van der Waals surface area contributed by atoms with Crippen LogP contribution in [0.2, 0.25) is 0 Å². The molecule has 0 radical (unpaired) electrons. The number of methoxy groups -OCH3 is 1. The summed E-state index contributed by atoms with van der Waals surface area (Å²) in [4.78, 5) is 7.03. The average Bonchev–Trinajstić information content (AvgIpc) is 2.71. The Hall–Kier alpha value is -1.10. The summed E-state index contributed by atoms with van der Waals surface area (Å²) in [6.45, 7) is 10.6. The Balaban J connectivity index is 0.00000392. The van der Waals surface area contributed by atoms with Gasteiger partial charge in [-0.3, -0.25) is 9.89 Å². The summed E-state index contributed by atoms with van der Waals surface area (Å²) in [6.07, 6.45) is 0.899. The Kier molecular flexibility index (Phi) is 14.1. The third-order valence-electron chi connectivity index (χ3n) is 4.31. The van der Waals surface area contributed by atoms with E-state index in [-0.39, 0.29) is 24.0 Å². The van der Waals surface area contributed by atoms with Crippen LogP contribution in [0.4, 0.5) is 0 Å². The topological polar surface area (TPSA) is 67.4 Å². The zero-order chi connectivity index (χ0) is 19.2. The number of ether oxygens (including phenoxy) is 3. The summed E-state index contributed by atoms with van der Waals surface area (Å²) in [5, 5.41) is 6.69. The lowest BCUT2D eigenvalue weighted by molar-refractivity contribution is 0.0389. The number of rotatable bonds is 11. The lowest BCUT2D eigenvalue weighted by Crippen LogP contribution is -2.44. The van der Waals surface area contributed by atoms with Crippen molar-refractivity contribution in [3.8, 4) is 5.75 Å². The minimum absolute atomic E-state index is 0. The highest BCUT2D eigenvalue weighted by atomic mass is 127. The summed E-state index contributed by atoms with van der Waals surface area (Å²) in [5.74, 6) is 1.74. The third kappa shape index (κ3) is 10.4. The number of hydrogen-bond donors (Lipinski definition) is 2. The zero-order valence-corrected chi connectivity index (χ0v) is 19.4. The molecule has 0 amide bonds. The standard InChI is InChI=1S/C20H34N4O3.HI/c1-3-21-20(23-10-11-24-12-15-26-16-13-24)22-9-4-14-27-17-18-5-7-19(25-2)8-6-18;/h5-8H,3-4,9-17H2,1-2H3,(H2,21,22,23);1H. The maximum atomic E-state index is 5.73. The van der Waals surface area contributed by atoms with Gasteiger partial charge >= 0.3 is 0 Å². The maximum Gasteiger partial charge on any atom is 0.191 e. The van der Waals surface area contributed by atoms with Crippen LogP contribution in [0.1, 0.15) is 18.9 Å². The van der Waals surface area contributed by atoms with Gasteiger partial charge in [-0.1, -0.05) is 12.1 Å². The molecule has 0 bridgehead atoms. The Bertz CT molecular complexity index is 537. The zero-order valence-electron chi connectivity index (χ0n) is 17.1. The SMILES string of the molecule is CCNC(=NCCCOCc1ccc(OC)cc1)NCCN1CCOCC1.I. The molecular weight excluding hydrogens is 471 g/mol. The molecule has 0 aromatic heterocycles. The van der Waals surface area contributed by atoms with E-state index in [2.05, 4.69) is 27.4 Å². The summed E-state index contributed by atoms with van der Waals surface area (Å²) >= 11 is 0. The first-order valence-corrected chi connectivity index (χ1v) is 9.84. The van der Waals surface area contributed by atoms with Gasteiger partial charge in [0.2, 0.25) is 0 Å². The van der Waals surface area contributed by atoms with Gasteiger partial charge in [0, 0.05) is 45.9 Å². The van der Waals surface area contributed by atoms with Crippen LogP contribution in [0.25, 0.3) is 0 Å². The van der Waals surface area contributed by atoms with Gasteiger partial charge in [-0.2, -0.15) is 0 Å². The van der Waals surface area contributed by atoms with Crippen molar-refractivity contribution < 1.29 is 14.2 Å². The van der Waals surface area contributed by atoms with E-state index in [0.29, 0.717) is 13.2 Å². The summed E-state index contributed by atoms with van der Waals surface area (Å²) in [7, 11) is 1.67. The number of aliphatic imine (C=N–C) groups is 1. The van der Waals surface area contributed by atoms with Gasteiger partial charge < -0.3 is 24.8 Å². The predicted octanol–water partition coefficient (Wildman–Crippen LogP) is 2.11. The highest BCUT2D eigenvalue weighted by molar-refractivity contribution is 14.0. The number of nitrogens with zero attached hydrogens (tertiary/aromatic N) is 2. The van der Waals surface area contributed by atoms with Gasteiger partial charge in [0.15, 0.2) is 5.96 Å². The van der Waals surface area contributed by atoms with Crippen molar-refractivity contribution in [2.75, 3.05) is 66.2 Å². The van der Waals surface area contributed by atoms with Gasteiger partial charge in [-0.15, -0.1) is 24.0 Å². The van der Waals surface area contributed by atoms with E-state index in [9.17, 15) is 0 Å². The van der Waals surface area contributed by atoms with Crippen LogP contribution >= 0.6 is 24.0 Å². The number of nitrogens with one attached hydrogen (secondary N) is 2. The maximum absolute atomic E-state index is 5.73. The van der Waals surface area contributed by atoms with E-state index in [1.807, 2.05) is 24.3 Å². The number of hydrogen-bond acceptors (Lipinski definition) is 5. The molecule has 0 aliphatic carbocycles. The fourth-order valence-electron chi connectivity index (χ4n) is 2.77. The second-order valence-corrected chi connectivity index (χ2v) is 6.40. The molecule has 1 aromatic rings. The van der Waals surface area contributed by atoms with Gasteiger partial charge in [0.25, 0.3) is 0 Å². The molecule has 2 rings (SSSR count). The molecule has 0 atom stereocenters. The lowest BCUT2D eigenvalue weighted by Gasteiger charge is -2.26. The summed E-state index contributed by atoms with van der Waals surface area (Å²) in [6, 6.07) is 7.96. The van der Waals surface area contributed by atoms with Crippen LogP contribution in [0.3, 0.4) is 0 Å². The average molecular weight is 506 g/mol. The summed E-state index contributed by atoms with van der Waals surface area (Å²) in [5.41, 5.74) is 1.15. The molecule has 1 fully saturated rings. The molecule has 1 aromatic carbocycles. The molecule has 160 valence electrons. The monoisotopic (exact) mass is 506 g/mol. The molecular formula is C20H35IN4O3. The molecule has 1 saturated heterocycles. The van der Waals surface area contributed by atoms with Crippen LogP contribution in [-0.2, 0) is 16.1 Å². The minimum atomic E-state index is 0. The summed E-state index contributed by atoms with van der Waals surface area (Å²) < 4.78 is 16.3. The first-order chi connectivity index (χ1) is 13.3. The Labute approximate surface area is 186 Å². The molecule has 0 saturated carbocycles. The molecule has 2 N–H and O–H groups in total. The first kappa shape index (κ1) is 24.9. The van der Waals surface area contributed by atoms with Crippen LogP contribution in [-0.4, -0.2) is 77.1 Å². The molecule has 8 heteroatoms. The molecule has 1 heterocycles. The third-order valence-corrected chi connectivity index (χ3v) is 4.31. The number of benzene rings is 1. The van der Waals surface area contributed by atoms with Crippen molar-refractivity contribution in [3.05, 3.63) is 29.8 Å².